The third-order valence-electron chi connectivity index (χ3n) is 9.01. The van der Waals surface area contributed by atoms with Crippen molar-refractivity contribution in [3.8, 4) is 44.5 Å². The highest BCUT2D eigenvalue weighted by Gasteiger charge is 2.20. The van der Waals surface area contributed by atoms with Gasteiger partial charge < -0.3 is 4.42 Å². The molecule has 1 aromatic heterocycles. The summed E-state index contributed by atoms with van der Waals surface area (Å²) in [7, 11) is 0. The summed E-state index contributed by atoms with van der Waals surface area (Å²) >= 11 is 0. The van der Waals surface area contributed by atoms with Crippen LogP contribution in [0.15, 0.2) is 186 Å². The van der Waals surface area contributed by atoms with Gasteiger partial charge >= 0.3 is 0 Å². The summed E-state index contributed by atoms with van der Waals surface area (Å²) in [5.74, 6) is 0. The Bertz CT molecular complexity index is 3560. The molecule has 0 saturated carbocycles. The maximum Gasteiger partial charge on any atom is 0.136 e. The first-order valence-electron chi connectivity index (χ1n) is 22.3. The monoisotopic (exact) mass is 635 g/mol. The largest absolute Gasteiger partial charge is 0.456 e. The predicted octanol–water partition coefficient (Wildman–Crippen LogP) is 13.7. The highest BCUT2D eigenvalue weighted by molar-refractivity contribution is 6.25. The molecule has 0 spiro atoms. The zero-order chi connectivity index (χ0) is 43.6. The van der Waals surface area contributed by atoms with Gasteiger partial charge in [-0.3, -0.25) is 0 Å². The van der Waals surface area contributed by atoms with Gasteiger partial charge in [-0.2, -0.15) is 0 Å². The summed E-state index contributed by atoms with van der Waals surface area (Å²) in [5, 5.41) is 2.80. The zero-order valence-electron chi connectivity index (χ0n) is 38.7. The molecule has 1 heterocycles. The molecule has 0 atom stereocenters. The Labute approximate surface area is 302 Å². The molecule has 0 amide bonds. The van der Waals surface area contributed by atoms with Crippen molar-refractivity contribution in [2.24, 2.45) is 0 Å². The number of hydrogen-bond donors (Lipinski definition) is 0. The van der Waals surface area contributed by atoms with E-state index in [1.165, 1.54) is 0 Å². The van der Waals surface area contributed by atoms with Gasteiger partial charge in [0.15, 0.2) is 0 Å². The lowest BCUT2D eigenvalue weighted by Crippen LogP contribution is -1.91. The van der Waals surface area contributed by atoms with Crippen molar-refractivity contribution >= 4 is 54.3 Å². The number of fused-ring (bicyclic) bond motifs is 6. The number of hydrogen-bond acceptors (Lipinski definition) is 1. The van der Waals surface area contributed by atoms with Gasteiger partial charge in [-0.25, -0.2) is 0 Å². The van der Waals surface area contributed by atoms with Crippen molar-refractivity contribution in [3.05, 3.63) is 182 Å². The van der Waals surface area contributed by atoms with E-state index in [9.17, 15) is 4.11 Å². The molecule has 228 valence electrons. The van der Waals surface area contributed by atoms with Crippen LogP contribution in [-0.4, -0.2) is 0 Å². The molecule has 0 N–H and O–H groups in total. The minimum atomic E-state index is -0.541. The minimum absolute atomic E-state index is 0.0387. The third-order valence-corrected chi connectivity index (χ3v) is 9.01. The lowest BCUT2D eigenvalue weighted by atomic mass is 9.84. The quantitative estimate of drug-likeness (QED) is 0.175. The van der Waals surface area contributed by atoms with Crippen molar-refractivity contribution in [1.82, 2.24) is 0 Å². The summed E-state index contributed by atoms with van der Waals surface area (Å²) < 4.78 is 122. The molecule has 1 nitrogen and oxygen atoms in total. The van der Waals surface area contributed by atoms with Crippen LogP contribution >= 0.6 is 0 Å². The Morgan fingerprint density at radius 2 is 1.02 bits per heavy atom. The van der Waals surface area contributed by atoms with Crippen LogP contribution < -0.4 is 0 Å². The van der Waals surface area contributed by atoms with E-state index < -0.39 is 36.3 Å². The van der Waals surface area contributed by atoms with Crippen LogP contribution in [0, 0.1) is 0 Å². The molecule has 10 aromatic rings. The van der Waals surface area contributed by atoms with Crippen LogP contribution in [0.4, 0.5) is 0 Å². The highest BCUT2D eigenvalue weighted by Crippen LogP contribution is 2.47. The van der Waals surface area contributed by atoms with E-state index in [4.69, 9.17) is 18.1 Å². The number of rotatable bonds is 4. The molecule has 1 heteroatoms. The van der Waals surface area contributed by atoms with Gasteiger partial charge in [-0.1, -0.05) is 151 Å². The summed E-state index contributed by atoms with van der Waals surface area (Å²) in [6.07, 6.45) is 0. The average Bonchev–Trinajstić information content (AvgIpc) is 3.68. The van der Waals surface area contributed by atoms with Crippen molar-refractivity contribution < 1.29 is 22.2 Å². The SMILES string of the molecule is [2H]c1c(-c2ccccc2)c([2H])c2c(oc3c([2H])c([2H])c([2H])c(-c4c5ccccc5c(-c5cccc(-c6c([2H])c([2H])c7c([2H])c([2H])c([2H])c([2H])c7c6[2H])c5)c5ccccc45)c32)c1[2H]. The second-order valence-electron chi connectivity index (χ2n) is 11.8. The summed E-state index contributed by atoms with van der Waals surface area (Å²) in [6.45, 7) is 0. The maximum absolute atomic E-state index is 9.55. The molecular formula is C48H30O. The molecule has 0 bridgehead atoms. The van der Waals surface area contributed by atoms with Crippen molar-refractivity contribution in [3.63, 3.8) is 0 Å². The van der Waals surface area contributed by atoms with Crippen molar-refractivity contribution in [2.45, 2.75) is 0 Å². The van der Waals surface area contributed by atoms with E-state index in [0.717, 1.165) is 16.3 Å². The Kier molecular flexibility index (Phi) is 3.99. The molecule has 10 rings (SSSR count). The van der Waals surface area contributed by atoms with E-state index in [1.807, 2.05) is 60.7 Å². The fourth-order valence-corrected chi connectivity index (χ4v) is 6.85. The fraction of sp³-hybridized carbons (Fsp3) is 0. The van der Waals surface area contributed by atoms with Gasteiger partial charge in [0.2, 0.25) is 0 Å². The van der Waals surface area contributed by atoms with Crippen LogP contribution in [0.3, 0.4) is 0 Å². The Balaban J connectivity index is 1.30. The Hall–Kier alpha value is -6.44. The predicted molar refractivity (Wildman–Crippen MR) is 208 cm³/mol. The van der Waals surface area contributed by atoms with E-state index in [0.29, 0.717) is 33.0 Å². The summed E-state index contributed by atoms with van der Waals surface area (Å²) in [4.78, 5) is 0. The van der Waals surface area contributed by atoms with E-state index in [-0.39, 0.29) is 91.7 Å². The van der Waals surface area contributed by atoms with Crippen molar-refractivity contribution in [2.75, 3.05) is 0 Å². The van der Waals surface area contributed by atoms with Crippen LogP contribution in [0.1, 0.15) is 17.8 Å². The molecule has 0 saturated heterocycles. The van der Waals surface area contributed by atoms with Gasteiger partial charge in [0.05, 0.1) is 17.8 Å². The molecule has 49 heavy (non-hydrogen) atoms. The van der Waals surface area contributed by atoms with Crippen LogP contribution in [-0.2, 0) is 0 Å². The average molecular weight is 636 g/mol. The third kappa shape index (κ3) is 4.47. The molecule has 0 aliphatic heterocycles. The first-order valence-corrected chi connectivity index (χ1v) is 15.8. The van der Waals surface area contributed by atoms with Gasteiger partial charge in [-0.15, -0.1) is 0 Å². The number of furan rings is 1. The first kappa shape index (κ1) is 17.6. The molecular weight excluding hydrogens is 593 g/mol. The lowest BCUT2D eigenvalue weighted by Gasteiger charge is -2.18. The second-order valence-corrected chi connectivity index (χ2v) is 11.8. The van der Waals surface area contributed by atoms with Gasteiger partial charge in [0.25, 0.3) is 0 Å². The van der Waals surface area contributed by atoms with E-state index >= 15 is 0 Å². The molecule has 0 fully saturated rings. The smallest absolute Gasteiger partial charge is 0.136 e. The standard InChI is InChI=1S/C48H30O/c1-2-12-31(13-3-1)36-26-27-44-43(30-36)48-42(22-11-23-45(48)49-44)47-40-20-8-6-18-38(40)46(39-19-7-9-21-41(39)47)37-17-10-16-34(29-37)35-25-24-32-14-4-5-15-33(32)28-35/h1-30H/i4D,5D,11D,14D,15D,22D,23D,24D,25D,26D,27D,28D,30D. The minimum Gasteiger partial charge on any atom is -0.456 e. The Morgan fingerprint density at radius 1 is 0.388 bits per heavy atom. The Morgan fingerprint density at radius 3 is 1.80 bits per heavy atom. The second kappa shape index (κ2) is 11.1. The topological polar surface area (TPSA) is 13.1 Å². The van der Waals surface area contributed by atoms with Crippen LogP contribution in [0.25, 0.3) is 98.8 Å². The van der Waals surface area contributed by atoms with E-state index in [1.54, 1.807) is 42.5 Å². The summed E-state index contributed by atoms with van der Waals surface area (Å²) in [6, 6.07) is 26.3. The first-order chi connectivity index (χ1) is 29.7. The fourth-order valence-electron chi connectivity index (χ4n) is 6.85. The van der Waals surface area contributed by atoms with Crippen LogP contribution in [0.2, 0.25) is 0 Å². The van der Waals surface area contributed by atoms with Crippen molar-refractivity contribution in [1.29, 1.82) is 0 Å². The van der Waals surface area contributed by atoms with Gasteiger partial charge in [0, 0.05) is 10.8 Å². The van der Waals surface area contributed by atoms with Gasteiger partial charge in [-0.05, 0) is 107 Å². The van der Waals surface area contributed by atoms with Crippen LogP contribution in [0.5, 0.6) is 0 Å². The molecule has 9 aromatic carbocycles. The summed E-state index contributed by atoms with van der Waals surface area (Å²) in [5.41, 5.74) is 3.20. The number of benzene rings is 9. The highest BCUT2D eigenvalue weighted by atomic mass is 16.3. The molecule has 0 aliphatic carbocycles. The lowest BCUT2D eigenvalue weighted by molar-refractivity contribution is 0.669. The maximum atomic E-state index is 9.55. The zero-order valence-corrected chi connectivity index (χ0v) is 25.7. The molecule has 0 radical (unpaired) electrons. The normalized spacial score (nSPS) is 15.4. The molecule has 0 unspecified atom stereocenters. The molecule has 0 aliphatic rings. The van der Waals surface area contributed by atoms with E-state index in [2.05, 4.69) is 0 Å². The van der Waals surface area contributed by atoms with Gasteiger partial charge in [0.1, 0.15) is 11.2 Å².